The van der Waals surface area contributed by atoms with Gasteiger partial charge in [-0.1, -0.05) is 13.2 Å². The summed E-state index contributed by atoms with van der Waals surface area (Å²) in [5.74, 6) is -0.462. The van der Waals surface area contributed by atoms with Gasteiger partial charge in [-0.2, -0.15) is 0 Å². The minimum absolute atomic E-state index is 0.462. The minimum Gasteiger partial charge on any atom is -0.385 e. The van der Waals surface area contributed by atoms with E-state index in [0.29, 0.717) is 5.70 Å². The lowest BCUT2D eigenvalue weighted by Crippen LogP contribution is -2.09. The molecular weight excluding hydrogens is 129 g/mol. The molecular formula is C8H12FN. The van der Waals surface area contributed by atoms with Gasteiger partial charge < -0.3 is 5.32 Å². The van der Waals surface area contributed by atoms with E-state index in [4.69, 9.17) is 0 Å². The number of likely N-dealkylation sites (N-methyl/N-ethyl adjacent to an activating group) is 1. The van der Waals surface area contributed by atoms with Crippen molar-refractivity contribution in [3.63, 3.8) is 0 Å². The summed E-state index contributed by atoms with van der Waals surface area (Å²) in [5.41, 5.74) is 0.662. The van der Waals surface area contributed by atoms with Crippen molar-refractivity contribution in [3.05, 3.63) is 36.8 Å². The molecule has 0 saturated carbocycles. The van der Waals surface area contributed by atoms with Crippen molar-refractivity contribution in [1.29, 1.82) is 0 Å². The molecule has 0 aliphatic rings. The van der Waals surface area contributed by atoms with Crippen molar-refractivity contribution in [2.24, 2.45) is 0 Å². The average molecular weight is 141 g/mol. The monoisotopic (exact) mass is 141 g/mol. The standard InChI is InChI=1S/C8H12FN/c1-4-8(10-5-2)6-7(3)9/h4,6,10H,1,3,5H2,2H3/b8-6+. The molecule has 0 spiro atoms. The predicted octanol–water partition coefficient (Wildman–Crippen LogP) is 2.15. The number of hydrogen-bond acceptors (Lipinski definition) is 1. The molecule has 56 valence electrons. The fraction of sp³-hybridized carbons (Fsp3) is 0.250. The lowest BCUT2D eigenvalue weighted by Gasteiger charge is -2.00. The molecule has 0 rings (SSSR count). The van der Waals surface area contributed by atoms with E-state index in [1.165, 1.54) is 6.08 Å². The lowest BCUT2D eigenvalue weighted by molar-refractivity contribution is 0.667. The molecule has 0 bridgehead atoms. The first kappa shape index (κ1) is 8.95. The van der Waals surface area contributed by atoms with Crippen molar-refractivity contribution in [1.82, 2.24) is 5.32 Å². The highest BCUT2D eigenvalue weighted by Crippen LogP contribution is 1.98. The minimum atomic E-state index is -0.462. The van der Waals surface area contributed by atoms with Gasteiger partial charge in [0.05, 0.1) is 0 Å². The largest absolute Gasteiger partial charge is 0.385 e. The Balaban J connectivity index is 4.03. The second-order valence-corrected chi connectivity index (χ2v) is 1.78. The summed E-state index contributed by atoms with van der Waals surface area (Å²) in [5, 5.41) is 2.91. The third-order valence-corrected chi connectivity index (χ3v) is 0.913. The van der Waals surface area contributed by atoms with E-state index < -0.39 is 5.83 Å². The molecule has 0 fully saturated rings. The Kier molecular flexibility index (Phi) is 4.29. The first-order chi connectivity index (χ1) is 4.70. The Morgan fingerprint density at radius 2 is 2.30 bits per heavy atom. The smallest absolute Gasteiger partial charge is 0.118 e. The van der Waals surface area contributed by atoms with Crippen LogP contribution in [0.25, 0.3) is 0 Å². The molecule has 1 nitrogen and oxygen atoms in total. The molecule has 0 aromatic rings. The maximum Gasteiger partial charge on any atom is 0.118 e. The van der Waals surface area contributed by atoms with Gasteiger partial charge in [-0.25, -0.2) is 4.39 Å². The highest BCUT2D eigenvalue weighted by atomic mass is 19.1. The molecule has 0 aliphatic heterocycles. The summed E-state index contributed by atoms with van der Waals surface area (Å²) >= 11 is 0. The molecule has 0 heterocycles. The SMILES string of the molecule is C=C/C(=C\C(=C)F)NCC. The summed E-state index contributed by atoms with van der Waals surface area (Å²) < 4.78 is 12.1. The normalized spacial score (nSPS) is 10.8. The number of nitrogens with one attached hydrogen (secondary N) is 1. The Labute approximate surface area is 60.9 Å². The number of rotatable bonds is 4. The number of halogens is 1. The van der Waals surface area contributed by atoms with Gasteiger partial charge >= 0.3 is 0 Å². The van der Waals surface area contributed by atoms with Gasteiger partial charge in [-0.05, 0) is 19.1 Å². The Morgan fingerprint density at radius 3 is 2.60 bits per heavy atom. The second-order valence-electron chi connectivity index (χ2n) is 1.78. The molecule has 0 atom stereocenters. The van der Waals surface area contributed by atoms with Gasteiger partial charge in [0.25, 0.3) is 0 Å². The highest BCUT2D eigenvalue weighted by Gasteiger charge is 1.87. The van der Waals surface area contributed by atoms with Gasteiger partial charge in [0.1, 0.15) is 5.83 Å². The van der Waals surface area contributed by atoms with Crippen molar-refractivity contribution in [2.45, 2.75) is 6.92 Å². The van der Waals surface area contributed by atoms with Crippen molar-refractivity contribution in [2.75, 3.05) is 6.54 Å². The van der Waals surface area contributed by atoms with Crippen LogP contribution in [-0.4, -0.2) is 6.54 Å². The van der Waals surface area contributed by atoms with E-state index in [-0.39, 0.29) is 0 Å². The number of hydrogen-bond donors (Lipinski definition) is 1. The maximum absolute atomic E-state index is 12.1. The first-order valence-electron chi connectivity index (χ1n) is 3.13. The second kappa shape index (κ2) is 4.79. The van der Waals surface area contributed by atoms with Crippen LogP contribution < -0.4 is 5.32 Å². The summed E-state index contributed by atoms with van der Waals surface area (Å²) in [6.45, 7) is 9.27. The zero-order valence-electron chi connectivity index (χ0n) is 6.15. The molecule has 0 aliphatic carbocycles. The van der Waals surface area contributed by atoms with Crippen LogP contribution in [0.1, 0.15) is 6.92 Å². The fourth-order valence-electron chi connectivity index (χ4n) is 0.555. The molecule has 10 heavy (non-hydrogen) atoms. The molecule has 2 heteroatoms. The van der Waals surface area contributed by atoms with E-state index in [0.717, 1.165) is 6.54 Å². The van der Waals surface area contributed by atoms with Gasteiger partial charge in [-0.15, -0.1) is 0 Å². The lowest BCUT2D eigenvalue weighted by atomic mass is 10.3. The summed E-state index contributed by atoms with van der Waals surface area (Å²) in [6.07, 6.45) is 2.85. The van der Waals surface area contributed by atoms with Crippen molar-refractivity contribution >= 4 is 0 Å². The average Bonchev–Trinajstić information content (AvgIpc) is 1.86. The quantitative estimate of drug-likeness (QED) is 0.591. The molecule has 0 aromatic heterocycles. The predicted molar refractivity (Wildman–Crippen MR) is 42.2 cm³/mol. The van der Waals surface area contributed by atoms with Crippen LogP contribution >= 0.6 is 0 Å². The Bertz CT molecular complexity index is 159. The summed E-state index contributed by atoms with van der Waals surface area (Å²) in [4.78, 5) is 0. The van der Waals surface area contributed by atoms with Crippen molar-refractivity contribution < 1.29 is 4.39 Å². The molecule has 0 aromatic carbocycles. The van der Waals surface area contributed by atoms with Crippen LogP contribution in [0, 0.1) is 0 Å². The van der Waals surface area contributed by atoms with Crippen LogP contribution in [0.3, 0.4) is 0 Å². The van der Waals surface area contributed by atoms with Crippen LogP contribution in [0.2, 0.25) is 0 Å². The third-order valence-electron chi connectivity index (χ3n) is 0.913. The molecule has 0 amide bonds. The third kappa shape index (κ3) is 3.89. The fourth-order valence-corrected chi connectivity index (χ4v) is 0.555. The van der Waals surface area contributed by atoms with Gasteiger partial charge in [0.15, 0.2) is 0 Å². The maximum atomic E-state index is 12.1. The molecule has 0 saturated heterocycles. The summed E-state index contributed by atoms with van der Waals surface area (Å²) in [7, 11) is 0. The van der Waals surface area contributed by atoms with E-state index in [1.54, 1.807) is 6.08 Å². The first-order valence-corrected chi connectivity index (χ1v) is 3.13. The van der Waals surface area contributed by atoms with Crippen LogP contribution in [-0.2, 0) is 0 Å². The van der Waals surface area contributed by atoms with E-state index in [9.17, 15) is 4.39 Å². The van der Waals surface area contributed by atoms with Crippen LogP contribution in [0.4, 0.5) is 4.39 Å². The highest BCUT2D eigenvalue weighted by molar-refractivity contribution is 5.22. The topological polar surface area (TPSA) is 12.0 Å². The molecule has 1 N–H and O–H groups in total. The number of allylic oxidation sites excluding steroid dienone is 3. The van der Waals surface area contributed by atoms with Gasteiger partial charge in [0.2, 0.25) is 0 Å². The molecule has 0 radical (unpaired) electrons. The van der Waals surface area contributed by atoms with E-state index >= 15 is 0 Å². The van der Waals surface area contributed by atoms with E-state index in [1.807, 2.05) is 6.92 Å². The summed E-state index contributed by atoms with van der Waals surface area (Å²) in [6, 6.07) is 0. The van der Waals surface area contributed by atoms with Gasteiger partial charge in [-0.3, -0.25) is 0 Å². The van der Waals surface area contributed by atoms with E-state index in [2.05, 4.69) is 18.5 Å². The zero-order chi connectivity index (χ0) is 7.98. The van der Waals surface area contributed by atoms with Crippen LogP contribution in [0.5, 0.6) is 0 Å². The Morgan fingerprint density at radius 1 is 1.70 bits per heavy atom. The van der Waals surface area contributed by atoms with Crippen LogP contribution in [0.15, 0.2) is 36.8 Å². The van der Waals surface area contributed by atoms with Crippen molar-refractivity contribution in [3.8, 4) is 0 Å². The molecule has 0 unspecified atom stereocenters. The Hall–Kier alpha value is -1.05. The van der Waals surface area contributed by atoms with Gasteiger partial charge in [0, 0.05) is 12.2 Å². The zero-order valence-corrected chi connectivity index (χ0v) is 6.15.